The monoisotopic (exact) mass is 282 g/mol. The van der Waals surface area contributed by atoms with Gasteiger partial charge in [0.15, 0.2) is 0 Å². The molecule has 2 N–H and O–H groups in total. The molecule has 0 saturated carbocycles. The highest BCUT2D eigenvalue weighted by atomic mass is 16.4. The fraction of sp³-hybridized carbons (Fsp3) is 0.176. The topological polar surface area (TPSA) is 74.6 Å². The summed E-state index contributed by atoms with van der Waals surface area (Å²) in [6.07, 6.45) is 0. The number of hydrogen-bond acceptors (Lipinski definition) is 2. The summed E-state index contributed by atoms with van der Waals surface area (Å²) in [7, 11) is 0. The van der Waals surface area contributed by atoms with Crippen LogP contribution in [0.25, 0.3) is 21.9 Å². The lowest BCUT2D eigenvalue weighted by Gasteiger charge is -2.14. The largest absolute Gasteiger partial charge is 0.478 e. The van der Waals surface area contributed by atoms with E-state index in [9.17, 15) is 19.8 Å². The summed E-state index contributed by atoms with van der Waals surface area (Å²) >= 11 is 0. The zero-order chi connectivity index (χ0) is 15.5. The maximum Gasteiger partial charge on any atom is 0.337 e. The summed E-state index contributed by atoms with van der Waals surface area (Å²) in [4.78, 5) is 23.3. The first kappa shape index (κ1) is 13.4. The minimum Gasteiger partial charge on any atom is -0.478 e. The Labute approximate surface area is 121 Å². The van der Waals surface area contributed by atoms with E-state index in [0.717, 1.165) is 27.5 Å². The Morgan fingerprint density at radius 3 is 2.10 bits per heavy atom. The van der Waals surface area contributed by atoms with Crippen molar-refractivity contribution in [2.45, 2.75) is 20.8 Å². The molecular formula is C17H14O4. The predicted octanol–water partition coefficient (Wildman–Crippen LogP) is 3.81. The van der Waals surface area contributed by atoms with Gasteiger partial charge in [-0.1, -0.05) is 18.2 Å². The van der Waals surface area contributed by atoms with E-state index in [2.05, 4.69) is 0 Å². The van der Waals surface area contributed by atoms with Crippen molar-refractivity contribution in [3.8, 4) is 0 Å². The van der Waals surface area contributed by atoms with Crippen LogP contribution in [0.3, 0.4) is 0 Å². The van der Waals surface area contributed by atoms with Gasteiger partial charge in [-0.05, 0) is 53.8 Å². The Bertz CT molecular complexity index is 872. The second-order valence-corrected chi connectivity index (χ2v) is 5.34. The Morgan fingerprint density at radius 2 is 1.52 bits per heavy atom. The van der Waals surface area contributed by atoms with E-state index in [-0.39, 0.29) is 11.1 Å². The molecule has 0 atom stereocenters. The molecule has 4 nitrogen and oxygen atoms in total. The molecular weight excluding hydrogens is 268 g/mol. The van der Waals surface area contributed by atoms with E-state index in [0.29, 0.717) is 11.1 Å². The first-order valence-corrected chi connectivity index (χ1v) is 6.60. The molecule has 0 saturated heterocycles. The molecule has 0 amide bonds. The number of carboxylic acids is 2. The molecule has 21 heavy (non-hydrogen) atoms. The number of carboxylic acid groups (broad SMARTS) is 2. The van der Waals surface area contributed by atoms with Crippen LogP contribution in [0.5, 0.6) is 0 Å². The highest BCUT2D eigenvalue weighted by molar-refractivity contribution is 6.21. The van der Waals surface area contributed by atoms with Crippen LogP contribution in [0.1, 0.15) is 51.3 Å². The molecule has 2 aromatic rings. The van der Waals surface area contributed by atoms with Crippen molar-refractivity contribution >= 4 is 33.9 Å². The zero-order valence-corrected chi connectivity index (χ0v) is 11.9. The van der Waals surface area contributed by atoms with Gasteiger partial charge in [0.1, 0.15) is 0 Å². The van der Waals surface area contributed by atoms with Gasteiger partial charge in [-0.25, -0.2) is 9.59 Å². The normalized spacial score (nSPS) is 13.1. The van der Waals surface area contributed by atoms with E-state index in [4.69, 9.17) is 0 Å². The van der Waals surface area contributed by atoms with Gasteiger partial charge in [0.05, 0.1) is 11.1 Å². The van der Waals surface area contributed by atoms with Crippen molar-refractivity contribution < 1.29 is 19.8 Å². The van der Waals surface area contributed by atoms with Crippen LogP contribution in [-0.2, 0) is 0 Å². The SMILES string of the molecule is CC1=C(C)c2c(C(=O)O)c(C(=O)O)c(C)c3cccc1c23. The second-order valence-electron chi connectivity index (χ2n) is 5.34. The van der Waals surface area contributed by atoms with Gasteiger partial charge < -0.3 is 10.2 Å². The highest BCUT2D eigenvalue weighted by Gasteiger charge is 2.31. The lowest BCUT2D eigenvalue weighted by molar-refractivity contribution is 0.0651. The van der Waals surface area contributed by atoms with Crippen molar-refractivity contribution in [1.82, 2.24) is 0 Å². The first-order valence-electron chi connectivity index (χ1n) is 6.60. The standard InChI is InChI=1S/C17H14O4/c1-7-8(2)12-14-10(7)5-4-6-11(14)9(3)13(16(18)19)15(12)17(20)21/h4-6H,1-3H3,(H,18,19)(H,20,21). The molecule has 0 unspecified atom stereocenters. The van der Waals surface area contributed by atoms with Crippen molar-refractivity contribution in [2.75, 3.05) is 0 Å². The van der Waals surface area contributed by atoms with E-state index in [1.807, 2.05) is 32.0 Å². The Morgan fingerprint density at radius 1 is 0.905 bits per heavy atom. The average molecular weight is 282 g/mol. The fourth-order valence-electron chi connectivity index (χ4n) is 3.26. The van der Waals surface area contributed by atoms with Crippen LogP contribution < -0.4 is 0 Å². The number of aryl methyl sites for hydroxylation is 1. The maximum atomic E-state index is 11.7. The molecule has 1 aliphatic rings. The lowest BCUT2D eigenvalue weighted by Crippen LogP contribution is -2.13. The smallest absolute Gasteiger partial charge is 0.337 e. The molecule has 0 spiro atoms. The molecule has 2 aromatic carbocycles. The minimum atomic E-state index is -1.20. The van der Waals surface area contributed by atoms with Crippen LogP contribution in [0.2, 0.25) is 0 Å². The minimum absolute atomic E-state index is 0.102. The van der Waals surface area contributed by atoms with Crippen LogP contribution in [0, 0.1) is 6.92 Å². The van der Waals surface area contributed by atoms with Crippen molar-refractivity contribution in [3.63, 3.8) is 0 Å². The third kappa shape index (κ3) is 1.56. The molecule has 4 heteroatoms. The quantitative estimate of drug-likeness (QED) is 0.878. The van der Waals surface area contributed by atoms with E-state index < -0.39 is 11.9 Å². The number of allylic oxidation sites excluding steroid dienone is 2. The molecule has 0 radical (unpaired) electrons. The number of benzene rings is 2. The van der Waals surface area contributed by atoms with Crippen LogP contribution in [-0.4, -0.2) is 22.2 Å². The summed E-state index contributed by atoms with van der Waals surface area (Å²) in [5.74, 6) is -2.40. The average Bonchev–Trinajstić information content (AvgIpc) is 2.67. The Hall–Kier alpha value is -2.62. The molecule has 0 heterocycles. The van der Waals surface area contributed by atoms with Crippen molar-refractivity contribution in [1.29, 1.82) is 0 Å². The molecule has 0 aliphatic heterocycles. The van der Waals surface area contributed by atoms with Crippen LogP contribution in [0.4, 0.5) is 0 Å². The molecule has 1 aliphatic carbocycles. The maximum absolute atomic E-state index is 11.7. The van der Waals surface area contributed by atoms with Gasteiger partial charge >= 0.3 is 11.9 Å². The number of aromatic carboxylic acids is 2. The third-order valence-electron chi connectivity index (χ3n) is 4.36. The van der Waals surface area contributed by atoms with Crippen molar-refractivity contribution in [2.24, 2.45) is 0 Å². The number of rotatable bonds is 2. The van der Waals surface area contributed by atoms with Gasteiger partial charge in [0.2, 0.25) is 0 Å². The van der Waals surface area contributed by atoms with Gasteiger partial charge in [-0.15, -0.1) is 0 Å². The van der Waals surface area contributed by atoms with E-state index >= 15 is 0 Å². The summed E-state index contributed by atoms with van der Waals surface area (Å²) in [5, 5.41) is 20.7. The summed E-state index contributed by atoms with van der Waals surface area (Å²) < 4.78 is 0. The number of hydrogen-bond donors (Lipinski definition) is 2. The second kappa shape index (κ2) is 4.19. The van der Waals surface area contributed by atoms with E-state index in [1.54, 1.807) is 6.92 Å². The van der Waals surface area contributed by atoms with Gasteiger partial charge in [-0.3, -0.25) is 0 Å². The number of carbonyl (C=O) groups is 2. The molecule has 0 bridgehead atoms. The van der Waals surface area contributed by atoms with Crippen molar-refractivity contribution in [3.05, 3.63) is 46.0 Å². The Balaban J connectivity index is 2.67. The molecule has 0 aromatic heterocycles. The summed E-state index contributed by atoms with van der Waals surface area (Å²) in [6, 6.07) is 5.67. The fourth-order valence-corrected chi connectivity index (χ4v) is 3.26. The first-order chi connectivity index (χ1) is 9.86. The van der Waals surface area contributed by atoms with Crippen LogP contribution >= 0.6 is 0 Å². The summed E-state index contributed by atoms with van der Waals surface area (Å²) in [6.45, 7) is 5.45. The highest BCUT2D eigenvalue weighted by Crippen LogP contribution is 2.45. The van der Waals surface area contributed by atoms with Crippen LogP contribution in [0.15, 0.2) is 18.2 Å². The van der Waals surface area contributed by atoms with E-state index in [1.165, 1.54) is 0 Å². The Kier molecular flexibility index (Phi) is 2.66. The molecule has 106 valence electrons. The third-order valence-corrected chi connectivity index (χ3v) is 4.36. The van der Waals surface area contributed by atoms with Gasteiger partial charge in [0, 0.05) is 5.56 Å². The van der Waals surface area contributed by atoms with Gasteiger partial charge in [-0.2, -0.15) is 0 Å². The predicted molar refractivity (Wildman–Crippen MR) is 80.8 cm³/mol. The summed E-state index contributed by atoms with van der Waals surface area (Å²) in [5.41, 5.74) is 3.66. The zero-order valence-electron chi connectivity index (χ0n) is 11.9. The lowest BCUT2D eigenvalue weighted by atomic mass is 9.88. The molecule has 3 rings (SSSR count). The van der Waals surface area contributed by atoms with Gasteiger partial charge in [0.25, 0.3) is 0 Å². The molecule has 0 fully saturated rings.